The summed E-state index contributed by atoms with van der Waals surface area (Å²) in [7, 11) is 0. The van der Waals surface area contributed by atoms with Crippen molar-refractivity contribution in [1.82, 2.24) is 5.32 Å². The summed E-state index contributed by atoms with van der Waals surface area (Å²) in [5.74, 6) is 1.44. The first-order valence-electron chi connectivity index (χ1n) is 7.05. The van der Waals surface area contributed by atoms with E-state index in [9.17, 15) is 5.11 Å². The van der Waals surface area contributed by atoms with Crippen LogP contribution in [0.5, 0.6) is 11.5 Å². The molecular formula is C15H23NO3. The van der Waals surface area contributed by atoms with Gasteiger partial charge in [0.1, 0.15) is 12.7 Å². The van der Waals surface area contributed by atoms with Gasteiger partial charge in [-0.15, -0.1) is 0 Å². The predicted molar refractivity (Wildman–Crippen MR) is 74.8 cm³/mol. The Kier molecular flexibility index (Phi) is 5.48. The second kappa shape index (κ2) is 7.36. The lowest BCUT2D eigenvalue weighted by atomic mass is 10.3. The molecule has 2 N–H and O–H groups in total. The van der Waals surface area contributed by atoms with Crippen molar-refractivity contribution in [2.75, 3.05) is 19.8 Å². The largest absolute Gasteiger partial charge is 0.490 e. The van der Waals surface area contributed by atoms with Crippen molar-refractivity contribution in [3.8, 4) is 11.5 Å². The molecular weight excluding hydrogens is 242 g/mol. The minimum Gasteiger partial charge on any atom is -0.490 e. The first-order chi connectivity index (χ1) is 9.29. The van der Waals surface area contributed by atoms with Gasteiger partial charge in [0.25, 0.3) is 0 Å². The summed E-state index contributed by atoms with van der Waals surface area (Å²) in [6.45, 7) is 3.61. The average molecular weight is 265 g/mol. The summed E-state index contributed by atoms with van der Waals surface area (Å²) < 4.78 is 11.2. The molecule has 0 amide bonds. The smallest absolute Gasteiger partial charge is 0.161 e. The van der Waals surface area contributed by atoms with E-state index in [1.54, 1.807) is 0 Å². The number of nitrogens with one attached hydrogen (secondary N) is 1. The first-order valence-corrected chi connectivity index (χ1v) is 7.05. The standard InChI is InChI=1S/C15H23NO3/c1-2-9-18-14-5-3-4-6-15(14)19-11-13(17)10-16-12-7-8-12/h3-6,12-13,16-17H,2,7-11H2,1H3. The van der Waals surface area contributed by atoms with Crippen LogP contribution in [0.15, 0.2) is 24.3 Å². The molecule has 1 aromatic rings. The molecule has 1 aliphatic carbocycles. The number of aliphatic hydroxyl groups excluding tert-OH is 1. The van der Waals surface area contributed by atoms with E-state index >= 15 is 0 Å². The molecule has 0 saturated heterocycles. The fraction of sp³-hybridized carbons (Fsp3) is 0.600. The van der Waals surface area contributed by atoms with Crippen molar-refractivity contribution >= 4 is 0 Å². The molecule has 19 heavy (non-hydrogen) atoms. The Morgan fingerprint density at radius 3 is 2.58 bits per heavy atom. The second-order valence-electron chi connectivity index (χ2n) is 4.94. The van der Waals surface area contributed by atoms with Gasteiger partial charge in [-0.05, 0) is 31.4 Å². The van der Waals surface area contributed by atoms with E-state index in [2.05, 4.69) is 12.2 Å². The summed E-state index contributed by atoms with van der Waals surface area (Å²) in [6.07, 6.45) is 2.92. The summed E-state index contributed by atoms with van der Waals surface area (Å²) in [6, 6.07) is 8.19. The molecule has 0 aliphatic heterocycles. The first kappa shape index (κ1) is 14.2. The zero-order valence-electron chi connectivity index (χ0n) is 11.5. The van der Waals surface area contributed by atoms with Crippen molar-refractivity contribution in [3.63, 3.8) is 0 Å². The van der Waals surface area contributed by atoms with Crippen molar-refractivity contribution in [1.29, 1.82) is 0 Å². The Morgan fingerprint density at radius 2 is 1.95 bits per heavy atom. The van der Waals surface area contributed by atoms with Crippen LogP contribution in [0, 0.1) is 0 Å². The third-order valence-corrected chi connectivity index (χ3v) is 2.96. The van der Waals surface area contributed by atoms with Crippen LogP contribution in [0.1, 0.15) is 26.2 Å². The van der Waals surface area contributed by atoms with Crippen molar-refractivity contribution in [2.24, 2.45) is 0 Å². The van der Waals surface area contributed by atoms with Crippen LogP contribution in [-0.2, 0) is 0 Å². The molecule has 1 saturated carbocycles. The number of hydrogen-bond acceptors (Lipinski definition) is 4. The Balaban J connectivity index is 1.76. The predicted octanol–water partition coefficient (Wildman–Crippen LogP) is 1.97. The van der Waals surface area contributed by atoms with Gasteiger partial charge < -0.3 is 19.9 Å². The zero-order valence-corrected chi connectivity index (χ0v) is 11.5. The van der Waals surface area contributed by atoms with E-state index in [1.807, 2.05) is 24.3 Å². The van der Waals surface area contributed by atoms with E-state index in [0.717, 1.165) is 12.2 Å². The molecule has 0 radical (unpaired) electrons. The lowest BCUT2D eigenvalue weighted by Crippen LogP contribution is -2.32. The number of hydrogen-bond donors (Lipinski definition) is 2. The van der Waals surface area contributed by atoms with E-state index in [-0.39, 0.29) is 6.61 Å². The van der Waals surface area contributed by atoms with Gasteiger partial charge in [0, 0.05) is 12.6 Å². The second-order valence-corrected chi connectivity index (χ2v) is 4.94. The molecule has 106 valence electrons. The lowest BCUT2D eigenvalue weighted by Gasteiger charge is -2.15. The lowest BCUT2D eigenvalue weighted by molar-refractivity contribution is 0.104. The highest BCUT2D eigenvalue weighted by Crippen LogP contribution is 2.26. The van der Waals surface area contributed by atoms with Gasteiger partial charge in [-0.25, -0.2) is 0 Å². The topological polar surface area (TPSA) is 50.7 Å². The normalized spacial score (nSPS) is 16.1. The molecule has 2 rings (SSSR count). The van der Waals surface area contributed by atoms with Crippen LogP contribution >= 0.6 is 0 Å². The maximum atomic E-state index is 9.83. The van der Waals surface area contributed by atoms with E-state index < -0.39 is 6.10 Å². The van der Waals surface area contributed by atoms with E-state index in [1.165, 1.54) is 12.8 Å². The Morgan fingerprint density at radius 1 is 1.26 bits per heavy atom. The van der Waals surface area contributed by atoms with E-state index in [4.69, 9.17) is 9.47 Å². The number of benzene rings is 1. The SMILES string of the molecule is CCCOc1ccccc1OCC(O)CNC1CC1. The zero-order chi connectivity index (χ0) is 13.5. The van der Waals surface area contributed by atoms with Crippen LogP contribution in [0.4, 0.5) is 0 Å². The molecule has 0 bridgehead atoms. The Labute approximate surface area is 114 Å². The third kappa shape index (κ3) is 5.09. The van der Waals surface area contributed by atoms with Crippen LogP contribution < -0.4 is 14.8 Å². The molecule has 0 spiro atoms. The minimum absolute atomic E-state index is 0.284. The third-order valence-electron chi connectivity index (χ3n) is 2.96. The van der Waals surface area contributed by atoms with Gasteiger partial charge in [-0.2, -0.15) is 0 Å². The van der Waals surface area contributed by atoms with Crippen LogP contribution in [0.3, 0.4) is 0 Å². The quantitative estimate of drug-likeness (QED) is 0.716. The van der Waals surface area contributed by atoms with E-state index in [0.29, 0.717) is 24.9 Å². The van der Waals surface area contributed by atoms with Gasteiger partial charge in [0.05, 0.1) is 6.61 Å². The molecule has 1 atom stereocenters. The van der Waals surface area contributed by atoms with Gasteiger partial charge in [0.2, 0.25) is 0 Å². The Bertz CT molecular complexity index is 379. The van der Waals surface area contributed by atoms with Crippen LogP contribution in [0.25, 0.3) is 0 Å². The molecule has 0 heterocycles. The highest BCUT2D eigenvalue weighted by molar-refractivity contribution is 5.39. The molecule has 1 unspecified atom stereocenters. The molecule has 4 nitrogen and oxygen atoms in total. The van der Waals surface area contributed by atoms with Gasteiger partial charge >= 0.3 is 0 Å². The van der Waals surface area contributed by atoms with Gasteiger partial charge in [0.15, 0.2) is 11.5 Å². The molecule has 1 aliphatic rings. The number of ether oxygens (including phenoxy) is 2. The van der Waals surface area contributed by atoms with Crippen LogP contribution in [0.2, 0.25) is 0 Å². The van der Waals surface area contributed by atoms with Gasteiger partial charge in [-0.3, -0.25) is 0 Å². The summed E-state index contributed by atoms with van der Waals surface area (Å²) >= 11 is 0. The summed E-state index contributed by atoms with van der Waals surface area (Å²) in [5.41, 5.74) is 0. The monoisotopic (exact) mass is 265 g/mol. The number of para-hydroxylation sites is 2. The fourth-order valence-electron chi connectivity index (χ4n) is 1.74. The molecule has 1 aromatic carbocycles. The molecule has 4 heteroatoms. The highest BCUT2D eigenvalue weighted by atomic mass is 16.5. The van der Waals surface area contributed by atoms with Crippen molar-refractivity contribution < 1.29 is 14.6 Å². The van der Waals surface area contributed by atoms with Crippen LogP contribution in [-0.4, -0.2) is 37.0 Å². The highest BCUT2D eigenvalue weighted by Gasteiger charge is 2.21. The summed E-state index contributed by atoms with van der Waals surface area (Å²) in [4.78, 5) is 0. The van der Waals surface area contributed by atoms with Crippen molar-refractivity contribution in [2.45, 2.75) is 38.3 Å². The maximum absolute atomic E-state index is 9.83. The Hall–Kier alpha value is -1.26. The number of aliphatic hydroxyl groups is 1. The molecule has 1 fully saturated rings. The fourth-order valence-corrected chi connectivity index (χ4v) is 1.74. The molecule has 0 aromatic heterocycles. The maximum Gasteiger partial charge on any atom is 0.161 e. The van der Waals surface area contributed by atoms with Crippen molar-refractivity contribution in [3.05, 3.63) is 24.3 Å². The summed E-state index contributed by atoms with van der Waals surface area (Å²) in [5, 5.41) is 13.1. The number of rotatable bonds is 9. The van der Waals surface area contributed by atoms with Gasteiger partial charge in [-0.1, -0.05) is 19.1 Å². The average Bonchev–Trinajstić information content (AvgIpc) is 3.25. The minimum atomic E-state index is -0.486.